The van der Waals surface area contributed by atoms with E-state index < -0.39 is 26.6 Å². The van der Waals surface area contributed by atoms with Crippen molar-refractivity contribution in [1.82, 2.24) is 4.31 Å². The van der Waals surface area contributed by atoms with Gasteiger partial charge in [-0.3, -0.25) is 0 Å². The number of ether oxygens (including phenoxy) is 1. The SMILES string of the molecule is CN(Cc1ccc(N2CCOCC2)cc1)S(=O)(=O)c1cc(F)cc(F)c1. The van der Waals surface area contributed by atoms with Crippen molar-refractivity contribution in [3.8, 4) is 0 Å². The molecule has 1 heterocycles. The summed E-state index contributed by atoms with van der Waals surface area (Å²) in [5.74, 6) is -1.85. The number of halogens is 2. The van der Waals surface area contributed by atoms with Crippen LogP contribution in [0, 0.1) is 11.6 Å². The van der Waals surface area contributed by atoms with Crippen LogP contribution in [0.15, 0.2) is 47.4 Å². The number of benzene rings is 2. The molecule has 3 rings (SSSR count). The van der Waals surface area contributed by atoms with Crippen LogP contribution >= 0.6 is 0 Å². The summed E-state index contributed by atoms with van der Waals surface area (Å²) in [6, 6.07) is 9.84. The highest BCUT2D eigenvalue weighted by Crippen LogP contribution is 2.21. The number of hydrogen-bond acceptors (Lipinski definition) is 4. The normalized spacial score (nSPS) is 15.5. The summed E-state index contributed by atoms with van der Waals surface area (Å²) in [5.41, 5.74) is 1.83. The molecule has 0 amide bonds. The molecule has 8 heteroatoms. The molecule has 1 aliphatic heterocycles. The first-order valence-electron chi connectivity index (χ1n) is 8.20. The van der Waals surface area contributed by atoms with Crippen molar-refractivity contribution in [3.63, 3.8) is 0 Å². The zero-order valence-corrected chi connectivity index (χ0v) is 15.2. The third-order valence-electron chi connectivity index (χ3n) is 4.26. The van der Waals surface area contributed by atoms with Gasteiger partial charge in [-0.15, -0.1) is 0 Å². The molecule has 5 nitrogen and oxygen atoms in total. The van der Waals surface area contributed by atoms with Crippen LogP contribution in [0.3, 0.4) is 0 Å². The predicted octanol–water partition coefficient (Wildman–Crippen LogP) is 2.62. The van der Waals surface area contributed by atoms with Crippen molar-refractivity contribution in [1.29, 1.82) is 0 Å². The Morgan fingerprint density at radius 3 is 2.19 bits per heavy atom. The lowest BCUT2D eigenvalue weighted by atomic mass is 10.2. The second-order valence-electron chi connectivity index (χ2n) is 6.13. The third kappa shape index (κ3) is 4.20. The van der Waals surface area contributed by atoms with Gasteiger partial charge in [0.25, 0.3) is 0 Å². The minimum absolute atomic E-state index is 0.101. The Kier molecular flexibility index (Phi) is 5.55. The smallest absolute Gasteiger partial charge is 0.243 e. The lowest BCUT2D eigenvalue weighted by Crippen LogP contribution is -2.36. The molecular weight excluding hydrogens is 362 g/mol. The van der Waals surface area contributed by atoms with E-state index in [2.05, 4.69) is 4.90 Å². The molecule has 0 spiro atoms. The molecule has 0 aliphatic carbocycles. The van der Waals surface area contributed by atoms with E-state index in [0.29, 0.717) is 19.3 Å². The molecule has 0 aromatic heterocycles. The van der Waals surface area contributed by atoms with Crippen LogP contribution in [0.1, 0.15) is 5.56 Å². The topological polar surface area (TPSA) is 49.9 Å². The first-order valence-corrected chi connectivity index (χ1v) is 9.64. The van der Waals surface area contributed by atoms with Crippen LogP contribution in [0.25, 0.3) is 0 Å². The molecule has 1 fully saturated rings. The van der Waals surface area contributed by atoms with Gasteiger partial charge in [0.1, 0.15) is 11.6 Å². The van der Waals surface area contributed by atoms with Gasteiger partial charge >= 0.3 is 0 Å². The molecule has 140 valence electrons. The maximum absolute atomic E-state index is 13.3. The molecule has 0 bridgehead atoms. The van der Waals surface area contributed by atoms with Gasteiger partial charge in [0.15, 0.2) is 0 Å². The van der Waals surface area contributed by atoms with Crippen molar-refractivity contribution in [2.45, 2.75) is 11.4 Å². The van der Waals surface area contributed by atoms with Crippen LogP contribution in [0.5, 0.6) is 0 Å². The summed E-state index contributed by atoms with van der Waals surface area (Å²) in [5, 5.41) is 0. The van der Waals surface area contributed by atoms with E-state index in [1.807, 2.05) is 24.3 Å². The minimum Gasteiger partial charge on any atom is -0.378 e. The average Bonchev–Trinajstić information content (AvgIpc) is 2.62. The van der Waals surface area contributed by atoms with Crippen LogP contribution in [-0.4, -0.2) is 46.1 Å². The molecule has 0 radical (unpaired) electrons. The highest BCUT2D eigenvalue weighted by molar-refractivity contribution is 7.89. The number of morpholine rings is 1. The third-order valence-corrected chi connectivity index (χ3v) is 6.04. The quantitative estimate of drug-likeness (QED) is 0.798. The van der Waals surface area contributed by atoms with Crippen molar-refractivity contribution in [2.24, 2.45) is 0 Å². The van der Waals surface area contributed by atoms with Gasteiger partial charge in [-0.25, -0.2) is 17.2 Å². The van der Waals surface area contributed by atoms with Crippen LogP contribution in [0.2, 0.25) is 0 Å². The van der Waals surface area contributed by atoms with Crippen molar-refractivity contribution >= 4 is 15.7 Å². The van der Waals surface area contributed by atoms with Gasteiger partial charge in [-0.2, -0.15) is 4.31 Å². The Morgan fingerprint density at radius 1 is 1.04 bits per heavy atom. The number of rotatable bonds is 5. The van der Waals surface area contributed by atoms with Crippen molar-refractivity contribution in [2.75, 3.05) is 38.3 Å². The van der Waals surface area contributed by atoms with Gasteiger partial charge in [0.05, 0.1) is 18.1 Å². The first-order chi connectivity index (χ1) is 12.4. The van der Waals surface area contributed by atoms with E-state index in [0.717, 1.165) is 40.8 Å². The Hall–Kier alpha value is -2.03. The Bertz CT molecular complexity index is 846. The summed E-state index contributed by atoms with van der Waals surface area (Å²) in [6.45, 7) is 3.11. The van der Waals surface area contributed by atoms with E-state index in [9.17, 15) is 17.2 Å². The molecule has 0 saturated carbocycles. The number of sulfonamides is 1. The Morgan fingerprint density at radius 2 is 1.62 bits per heavy atom. The van der Waals surface area contributed by atoms with Gasteiger partial charge in [0, 0.05) is 38.4 Å². The Labute approximate surface area is 151 Å². The lowest BCUT2D eigenvalue weighted by Gasteiger charge is -2.29. The van der Waals surface area contributed by atoms with E-state index >= 15 is 0 Å². The summed E-state index contributed by atoms with van der Waals surface area (Å²) in [4.78, 5) is 1.80. The standard InChI is InChI=1S/C18H20F2N2O3S/c1-21(26(23,24)18-11-15(19)10-16(20)12-18)13-14-2-4-17(5-3-14)22-6-8-25-9-7-22/h2-5,10-12H,6-9,13H2,1H3. The van der Waals surface area contributed by atoms with E-state index in [-0.39, 0.29) is 6.54 Å². The van der Waals surface area contributed by atoms with Crippen molar-refractivity contribution < 1.29 is 21.9 Å². The predicted molar refractivity (Wildman–Crippen MR) is 94.5 cm³/mol. The van der Waals surface area contributed by atoms with Crippen LogP contribution in [0.4, 0.5) is 14.5 Å². The average molecular weight is 382 g/mol. The maximum atomic E-state index is 13.3. The maximum Gasteiger partial charge on any atom is 0.243 e. The fraction of sp³-hybridized carbons (Fsp3) is 0.333. The molecule has 26 heavy (non-hydrogen) atoms. The summed E-state index contributed by atoms with van der Waals surface area (Å²) in [7, 11) is -2.60. The van der Waals surface area contributed by atoms with Gasteiger partial charge in [0.2, 0.25) is 10.0 Å². The zero-order valence-electron chi connectivity index (χ0n) is 14.4. The number of hydrogen-bond donors (Lipinski definition) is 0. The molecule has 1 aliphatic rings. The van der Waals surface area contributed by atoms with Gasteiger partial charge in [-0.1, -0.05) is 12.1 Å². The summed E-state index contributed by atoms with van der Waals surface area (Å²) in [6.07, 6.45) is 0. The van der Waals surface area contributed by atoms with Crippen LogP contribution < -0.4 is 4.90 Å². The highest BCUT2D eigenvalue weighted by atomic mass is 32.2. The molecule has 0 atom stereocenters. The van der Waals surface area contributed by atoms with E-state index in [1.165, 1.54) is 7.05 Å². The number of anilines is 1. The molecule has 0 unspecified atom stereocenters. The second-order valence-corrected chi connectivity index (χ2v) is 8.18. The van der Waals surface area contributed by atoms with E-state index in [1.54, 1.807) is 0 Å². The van der Waals surface area contributed by atoms with Crippen molar-refractivity contribution in [3.05, 3.63) is 59.7 Å². The van der Waals surface area contributed by atoms with Gasteiger partial charge in [-0.05, 0) is 29.8 Å². The molecular formula is C18H20F2N2O3S. The highest BCUT2D eigenvalue weighted by Gasteiger charge is 2.22. The Balaban J connectivity index is 1.73. The lowest BCUT2D eigenvalue weighted by molar-refractivity contribution is 0.122. The van der Waals surface area contributed by atoms with Gasteiger partial charge < -0.3 is 9.64 Å². The summed E-state index contributed by atoms with van der Waals surface area (Å²) >= 11 is 0. The largest absolute Gasteiger partial charge is 0.378 e. The molecule has 1 saturated heterocycles. The van der Waals surface area contributed by atoms with Crippen LogP contribution in [-0.2, 0) is 21.3 Å². The molecule has 2 aromatic carbocycles. The zero-order chi connectivity index (χ0) is 18.7. The fourth-order valence-electron chi connectivity index (χ4n) is 2.83. The van der Waals surface area contributed by atoms with E-state index in [4.69, 9.17) is 4.74 Å². The molecule has 0 N–H and O–H groups in total. The monoisotopic (exact) mass is 382 g/mol. The fourth-order valence-corrected chi connectivity index (χ4v) is 4.04. The molecule has 2 aromatic rings. The minimum atomic E-state index is -3.99. The second kappa shape index (κ2) is 7.69. The first kappa shape index (κ1) is 18.8. The number of nitrogens with zero attached hydrogens (tertiary/aromatic N) is 2. The summed E-state index contributed by atoms with van der Waals surface area (Å²) < 4.78 is 58.1.